The molecule has 0 saturated heterocycles. The Morgan fingerprint density at radius 3 is 2.00 bits per heavy atom. The number of rotatable bonds is 2. The Hall–Kier alpha value is -0.900. The van der Waals surface area contributed by atoms with Crippen LogP contribution in [0.5, 0.6) is 0 Å². The molecule has 1 saturated carbocycles. The zero-order valence-corrected chi connectivity index (χ0v) is 13.6. The molecule has 1 heterocycles. The van der Waals surface area contributed by atoms with Crippen molar-refractivity contribution in [1.29, 1.82) is 0 Å². The van der Waals surface area contributed by atoms with Gasteiger partial charge in [0.25, 0.3) is 0 Å². The molecule has 2 aliphatic rings. The molecule has 0 N–H and O–H groups in total. The molecule has 1 aliphatic heterocycles. The Balaban J connectivity index is 1.70. The third-order valence-electron chi connectivity index (χ3n) is 4.10. The van der Waals surface area contributed by atoms with Gasteiger partial charge in [-0.3, -0.25) is 0 Å². The van der Waals surface area contributed by atoms with Crippen molar-refractivity contribution in [1.82, 2.24) is 0 Å². The second-order valence-electron chi connectivity index (χ2n) is 5.62. The van der Waals surface area contributed by atoms with Crippen LogP contribution in [-0.4, -0.2) is 6.10 Å². The van der Waals surface area contributed by atoms with E-state index >= 15 is 0 Å². The Labute approximate surface area is 133 Å². The lowest BCUT2D eigenvalue weighted by molar-refractivity contribution is 0.177. The minimum absolute atomic E-state index is 0.213. The molecule has 1 fully saturated rings. The van der Waals surface area contributed by atoms with Gasteiger partial charge in [-0.15, -0.1) is 0 Å². The normalized spacial score (nSPS) is 19.0. The SMILES string of the molecule is c1ccc2c(c1)Sc1ccccc1[S+]2OC1CCCCC1. The molecule has 0 radical (unpaired) electrons. The highest BCUT2D eigenvalue weighted by Crippen LogP contribution is 2.46. The van der Waals surface area contributed by atoms with Crippen LogP contribution in [0.15, 0.2) is 68.1 Å². The van der Waals surface area contributed by atoms with Crippen molar-refractivity contribution in [3.63, 3.8) is 0 Å². The fraction of sp³-hybridized carbons (Fsp3) is 0.333. The highest BCUT2D eigenvalue weighted by Gasteiger charge is 2.40. The molecule has 3 heteroatoms. The van der Waals surface area contributed by atoms with E-state index in [1.165, 1.54) is 51.7 Å². The van der Waals surface area contributed by atoms with Crippen LogP contribution in [0.2, 0.25) is 0 Å². The molecular formula is C18H19OS2+. The van der Waals surface area contributed by atoms with Crippen LogP contribution in [0.4, 0.5) is 0 Å². The molecule has 0 spiro atoms. The van der Waals surface area contributed by atoms with Crippen LogP contribution < -0.4 is 0 Å². The van der Waals surface area contributed by atoms with Gasteiger partial charge in [0, 0.05) is 0 Å². The second-order valence-corrected chi connectivity index (χ2v) is 8.31. The van der Waals surface area contributed by atoms with Crippen molar-refractivity contribution >= 4 is 22.9 Å². The zero-order chi connectivity index (χ0) is 14.1. The van der Waals surface area contributed by atoms with E-state index in [1.54, 1.807) is 0 Å². The van der Waals surface area contributed by atoms with Crippen LogP contribution in [0.25, 0.3) is 0 Å². The van der Waals surface area contributed by atoms with E-state index in [1.807, 2.05) is 11.8 Å². The Kier molecular flexibility index (Phi) is 3.97. The van der Waals surface area contributed by atoms with E-state index in [4.69, 9.17) is 4.18 Å². The third-order valence-corrected chi connectivity index (χ3v) is 7.49. The van der Waals surface area contributed by atoms with Crippen LogP contribution in [-0.2, 0) is 15.4 Å². The first-order valence-corrected chi connectivity index (χ1v) is 9.66. The Bertz CT molecular complexity index is 589. The molecule has 2 aromatic rings. The van der Waals surface area contributed by atoms with Gasteiger partial charge in [-0.2, -0.15) is 4.18 Å². The predicted molar refractivity (Wildman–Crippen MR) is 88.9 cm³/mol. The van der Waals surface area contributed by atoms with Crippen LogP contribution >= 0.6 is 11.8 Å². The smallest absolute Gasteiger partial charge is 0.158 e. The molecular weight excluding hydrogens is 296 g/mol. The summed E-state index contributed by atoms with van der Waals surface area (Å²) >= 11 is 1.66. The summed E-state index contributed by atoms with van der Waals surface area (Å²) in [6, 6.07) is 17.5. The average Bonchev–Trinajstić information content (AvgIpc) is 2.55. The first-order chi connectivity index (χ1) is 10.4. The van der Waals surface area contributed by atoms with Gasteiger partial charge in [0.2, 0.25) is 21.0 Å². The first kappa shape index (κ1) is 13.7. The fourth-order valence-corrected chi connectivity index (χ4v) is 6.40. The number of hydrogen-bond acceptors (Lipinski definition) is 2. The highest BCUT2D eigenvalue weighted by molar-refractivity contribution is 8.02. The first-order valence-electron chi connectivity index (χ1n) is 7.69. The number of benzene rings is 2. The lowest BCUT2D eigenvalue weighted by Gasteiger charge is -2.23. The highest BCUT2D eigenvalue weighted by atomic mass is 32.2. The summed E-state index contributed by atoms with van der Waals surface area (Å²) in [4.78, 5) is 5.45. The minimum atomic E-state index is -0.213. The van der Waals surface area contributed by atoms with Gasteiger partial charge >= 0.3 is 0 Å². The van der Waals surface area contributed by atoms with E-state index in [0.717, 1.165) is 0 Å². The third kappa shape index (κ3) is 2.75. The summed E-state index contributed by atoms with van der Waals surface area (Å²) in [7, 11) is 0. The Morgan fingerprint density at radius 2 is 1.38 bits per heavy atom. The minimum Gasteiger partial charge on any atom is -0.158 e. The maximum absolute atomic E-state index is 6.60. The molecule has 21 heavy (non-hydrogen) atoms. The summed E-state index contributed by atoms with van der Waals surface area (Å²) in [5.41, 5.74) is 0. The van der Waals surface area contributed by atoms with Crippen molar-refractivity contribution in [2.24, 2.45) is 0 Å². The van der Waals surface area contributed by atoms with Gasteiger partial charge in [0.15, 0.2) is 0 Å². The van der Waals surface area contributed by atoms with Crippen molar-refractivity contribution in [2.45, 2.75) is 57.8 Å². The molecule has 1 aliphatic carbocycles. The topological polar surface area (TPSA) is 9.23 Å². The summed E-state index contributed by atoms with van der Waals surface area (Å²) in [6.07, 6.45) is 6.89. The van der Waals surface area contributed by atoms with E-state index in [0.29, 0.717) is 6.10 Å². The van der Waals surface area contributed by atoms with Crippen molar-refractivity contribution in [3.05, 3.63) is 48.5 Å². The summed E-state index contributed by atoms with van der Waals surface area (Å²) in [5, 5.41) is 0. The Morgan fingerprint density at radius 1 is 0.810 bits per heavy atom. The molecule has 108 valence electrons. The van der Waals surface area contributed by atoms with E-state index in [-0.39, 0.29) is 11.2 Å². The maximum Gasteiger partial charge on any atom is 0.225 e. The van der Waals surface area contributed by atoms with E-state index < -0.39 is 0 Å². The van der Waals surface area contributed by atoms with Gasteiger partial charge < -0.3 is 0 Å². The monoisotopic (exact) mass is 315 g/mol. The maximum atomic E-state index is 6.60. The van der Waals surface area contributed by atoms with E-state index in [2.05, 4.69) is 48.5 Å². The van der Waals surface area contributed by atoms with E-state index in [9.17, 15) is 0 Å². The summed E-state index contributed by atoms with van der Waals surface area (Å²) < 4.78 is 6.60. The predicted octanol–water partition coefficient (Wildman–Crippen LogP) is 5.45. The van der Waals surface area contributed by atoms with Gasteiger partial charge in [0.1, 0.15) is 6.10 Å². The molecule has 2 aromatic carbocycles. The number of hydrogen-bond donors (Lipinski definition) is 0. The standard InChI is InChI=1S/C18H19OS2/c1-2-8-14(9-3-1)19-21-17-12-6-4-10-15(17)20-16-11-5-7-13-18(16)21/h4-7,10-14H,1-3,8-9H2/q+1. The molecule has 4 rings (SSSR count). The van der Waals surface area contributed by atoms with Gasteiger partial charge in [-0.25, -0.2) is 0 Å². The lowest BCUT2D eigenvalue weighted by atomic mass is 9.98. The molecule has 0 amide bonds. The quantitative estimate of drug-likeness (QED) is 0.681. The largest absolute Gasteiger partial charge is 0.225 e. The van der Waals surface area contributed by atoms with Crippen LogP contribution in [0.1, 0.15) is 32.1 Å². The molecule has 0 unspecified atom stereocenters. The lowest BCUT2D eigenvalue weighted by Crippen LogP contribution is -2.23. The second kappa shape index (κ2) is 6.07. The van der Waals surface area contributed by atoms with Crippen molar-refractivity contribution < 1.29 is 4.18 Å². The van der Waals surface area contributed by atoms with Crippen LogP contribution in [0, 0.1) is 0 Å². The van der Waals surface area contributed by atoms with Crippen molar-refractivity contribution in [2.75, 3.05) is 0 Å². The van der Waals surface area contributed by atoms with Gasteiger partial charge in [-0.1, -0.05) is 55.3 Å². The molecule has 0 aromatic heterocycles. The fourth-order valence-electron chi connectivity index (χ4n) is 3.01. The van der Waals surface area contributed by atoms with Crippen molar-refractivity contribution in [3.8, 4) is 0 Å². The molecule has 0 bridgehead atoms. The molecule has 1 nitrogen and oxygen atoms in total. The van der Waals surface area contributed by atoms with Gasteiger partial charge in [-0.05, 0) is 37.1 Å². The average molecular weight is 315 g/mol. The number of fused-ring (bicyclic) bond motifs is 2. The van der Waals surface area contributed by atoms with Gasteiger partial charge in [0.05, 0.1) is 9.79 Å². The zero-order valence-electron chi connectivity index (χ0n) is 12.0. The summed E-state index contributed by atoms with van der Waals surface area (Å²) in [6.45, 7) is 0. The van der Waals surface area contributed by atoms with Crippen LogP contribution in [0.3, 0.4) is 0 Å². The molecule has 0 atom stereocenters. The summed E-state index contributed by atoms with van der Waals surface area (Å²) in [5.74, 6) is 0.